The van der Waals surface area contributed by atoms with E-state index >= 15 is 0 Å². The van der Waals surface area contributed by atoms with Gasteiger partial charge < -0.3 is 14.9 Å². The molecule has 1 saturated carbocycles. The molecule has 2 aromatic rings. The molecule has 162 valence electrons. The summed E-state index contributed by atoms with van der Waals surface area (Å²) in [5.41, 5.74) is 2.99. The van der Waals surface area contributed by atoms with E-state index in [9.17, 15) is 14.7 Å². The Morgan fingerprint density at radius 3 is 2.39 bits per heavy atom. The average molecular weight is 419 g/mol. The fourth-order valence-corrected chi connectivity index (χ4v) is 5.85. The molecular formula is C26H30N2O3. The summed E-state index contributed by atoms with van der Waals surface area (Å²) in [5, 5.41) is 10.2. The van der Waals surface area contributed by atoms with Gasteiger partial charge in [0.05, 0.1) is 25.1 Å². The molecule has 0 aromatic heterocycles. The third-order valence-corrected chi connectivity index (χ3v) is 7.40. The van der Waals surface area contributed by atoms with Gasteiger partial charge in [-0.2, -0.15) is 0 Å². The number of carbonyl (C=O) groups is 2. The molecule has 31 heavy (non-hydrogen) atoms. The number of hydrogen-bond donors (Lipinski definition) is 1. The van der Waals surface area contributed by atoms with Crippen LogP contribution < -0.4 is 4.90 Å². The lowest BCUT2D eigenvalue weighted by atomic mass is 9.70. The Morgan fingerprint density at radius 1 is 0.935 bits per heavy atom. The van der Waals surface area contributed by atoms with Crippen molar-refractivity contribution in [3.63, 3.8) is 0 Å². The number of aliphatic hydroxyl groups excluding tert-OH is 1. The number of carbonyl (C=O) groups excluding carboxylic acids is 2. The molecule has 2 aliphatic heterocycles. The van der Waals surface area contributed by atoms with Crippen LogP contribution in [0.5, 0.6) is 0 Å². The van der Waals surface area contributed by atoms with E-state index in [1.165, 1.54) is 6.42 Å². The van der Waals surface area contributed by atoms with Crippen molar-refractivity contribution >= 4 is 17.5 Å². The molecule has 5 nitrogen and oxygen atoms in total. The van der Waals surface area contributed by atoms with Gasteiger partial charge in [-0.25, -0.2) is 0 Å². The Balaban J connectivity index is 1.43. The topological polar surface area (TPSA) is 60.9 Å². The molecule has 0 spiro atoms. The van der Waals surface area contributed by atoms with Gasteiger partial charge in [-0.1, -0.05) is 67.8 Å². The van der Waals surface area contributed by atoms with Gasteiger partial charge >= 0.3 is 0 Å². The molecule has 0 radical (unpaired) electrons. The molecule has 2 aromatic carbocycles. The number of para-hydroxylation sites is 1. The van der Waals surface area contributed by atoms with Crippen molar-refractivity contribution in [2.45, 2.75) is 56.5 Å². The fraction of sp³-hybridized carbons (Fsp3) is 0.462. The molecule has 1 saturated heterocycles. The highest BCUT2D eigenvalue weighted by Crippen LogP contribution is 2.49. The predicted molar refractivity (Wildman–Crippen MR) is 120 cm³/mol. The summed E-state index contributed by atoms with van der Waals surface area (Å²) in [6.07, 6.45) is 5.64. The summed E-state index contributed by atoms with van der Waals surface area (Å²) in [6, 6.07) is 17.5. The molecule has 2 amide bonds. The lowest BCUT2D eigenvalue weighted by molar-refractivity contribution is -0.156. The van der Waals surface area contributed by atoms with Crippen LogP contribution in [0.3, 0.4) is 0 Å². The highest BCUT2D eigenvalue weighted by molar-refractivity contribution is 5.97. The monoisotopic (exact) mass is 418 g/mol. The molecular weight excluding hydrogens is 388 g/mol. The number of rotatable bonds is 4. The SMILES string of the molecule is O=C(Cc1ccccc1)N1C[C@H]2[C@@H](c3ccccc31)[C@H](CO)N2C(=O)C1CCCCC1. The van der Waals surface area contributed by atoms with Gasteiger partial charge in [-0.15, -0.1) is 0 Å². The largest absolute Gasteiger partial charge is 0.394 e. The minimum Gasteiger partial charge on any atom is -0.394 e. The first kappa shape index (κ1) is 20.3. The van der Waals surface area contributed by atoms with E-state index in [1.54, 1.807) is 0 Å². The number of aliphatic hydroxyl groups is 1. The van der Waals surface area contributed by atoms with Crippen LogP contribution in [0.2, 0.25) is 0 Å². The Morgan fingerprint density at radius 2 is 1.65 bits per heavy atom. The van der Waals surface area contributed by atoms with Crippen LogP contribution >= 0.6 is 0 Å². The number of fused-ring (bicyclic) bond motifs is 3. The lowest BCUT2D eigenvalue weighted by Crippen LogP contribution is -2.71. The highest BCUT2D eigenvalue weighted by Gasteiger charge is 2.55. The van der Waals surface area contributed by atoms with Crippen molar-refractivity contribution in [2.24, 2.45) is 5.92 Å². The van der Waals surface area contributed by atoms with E-state index in [-0.39, 0.29) is 42.3 Å². The number of amides is 2. The van der Waals surface area contributed by atoms with Crippen LogP contribution in [0.25, 0.3) is 0 Å². The van der Waals surface area contributed by atoms with Gasteiger partial charge in [0.2, 0.25) is 11.8 Å². The van der Waals surface area contributed by atoms with Crippen molar-refractivity contribution in [2.75, 3.05) is 18.1 Å². The van der Waals surface area contributed by atoms with E-state index in [4.69, 9.17) is 0 Å². The van der Waals surface area contributed by atoms with Gasteiger partial charge in [0.25, 0.3) is 0 Å². The zero-order valence-electron chi connectivity index (χ0n) is 17.8. The first-order chi connectivity index (χ1) is 15.2. The van der Waals surface area contributed by atoms with Crippen molar-refractivity contribution in [3.8, 4) is 0 Å². The summed E-state index contributed by atoms with van der Waals surface area (Å²) in [6.45, 7) is 0.466. The maximum Gasteiger partial charge on any atom is 0.231 e. The number of benzene rings is 2. The smallest absolute Gasteiger partial charge is 0.231 e. The summed E-state index contributed by atoms with van der Waals surface area (Å²) in [5.74, 6) is 0.383. The van der Waals surface area contributed by atoms with Gasteiger partial charge in [0, 0.05) is 24.1 Å². The summed E-state index contributed by atoms with van der Waals surface area (Å²) in [4.78, 5) is 30.5. The fourth-order valence-electron chi connectivity index (χ4n) is 5.85. The second-order valence-electron chi connectivity index (χ2n) is 9.15. The van der Waals surface area contributed by atoms with Crippen molar-refractivity contribution < 1.29 is 14.7 Å². The highest BCUT2D eigenvalue weighted by atomic mass is 16.3. The van der Waals surface area contributed by atoms with E-state index in [0.717, 1.165) is 42.5 Å². The van der Waals surface area contributed by atoms with Gasteiger partial charge in [0.15, 0.2) is 0 Å². The second kappa shape index (κ2) is 8.46. The Kier molecular flexibility index (Phi) is 5.53. The van der Waals surface area contributed by atoms with Crippen molar-refractivity contribution in [1.29, 1.82) is 0 Å². The molecule has 0 bridgehead atoms. The van der Waals surface area contributed by atoms with Crippen LogP contribution in [0.15, 0.2) is 54.6 Å². The zero-order valence-corrected chi connectivity index (χ0v) is 17.8. The van der Waals surface area contributed by atoms with E-state index < -0.39 is 0 Å². The van der Waals surface area contributed by atoms with Crippen LogP contribution in [0.1, 0.15) is 49.1 Å². The Hall–Kier alpha value is -2.66. The summed E-state index contributed by atoms with van der Waals surface area (Å²) < 4.78 is 0. The number of anilines is 1. The second-order valence-corrected chi connectivity index (χ2v) is 9.15. The molecule has 3 atom stereocenters. The molecule has 1 aliphatic carbocycles. The standard InChI is InChI=1S/C26H30N2O3/c29-17-23-25-20-13-7-8-14-21(20)27(24(30)15-18-9-3-1-4-10-18)16-22(25)28(23)26(31)19-11-5-2-6-12-19/h1,3-4,7-10,13-14,19,22-23,25,29H,2,5-6,11-12,15-17H2/t22-,23-,25+/m0/s1. The Bertz CT molecular complexity index is 954. The average Bonchev–Trinajstić information content (AvgIpc) is 2.80. The number of hydrogen-bond acceptors (Lipinski definition) is 3. The maximum atomic E-state index is 13.4. The molecule has 2 fully saturated rings. The first-order valence-corrected chi connectivity index (χ1v) is 11.6. The summed E-state index contributed by atoms with van der Waals surface area (Å²) in [7, 11) is 0. The van der Waals surface area contributed by atoms with E-state index in [1.807, 2.05) is 58.3 Å². The van der Waals surface area contributed by atoms with Gasteiger partial charge in [0.1, 0.15) is 0 Å². The van der Waals surface area contributed by atoms with Crippen LogP contribution in [0, 0.1) is 5.92 Å². The molecule has 2 heterocycles. The zero-order chi connectivity index (χ0) is 21.4. The quantitative estimate of drug-likeness (QED) is 0.827. The van der Waals surface area contributed by atoms with Crippen LogP contribution in [-0.2, 0) is 16.0 Å². The maximum absolute atomic E-state index is 13.4. The molecule has 1 N–H and O–H groups in total. The minimum atomic E-state index is -0.188. The number of likely N-dealkylation sites (tertiary alicyclic amines) is 1. The van der Waals surface area contributed by atoms with Gasteiger partial charge in [-0.3, -0.25) is 9.59 Å². The van der Waals surface area contributed by atoms with Crippen molar-refractivity contribution in [1.82, 2.24) is 4.90 Å². The normalized spacial score (nSPS) is 25.4. The lowest BCUT2D eigenvalue weighted by Gasteiger charge is -2.59. The number of nitrogens with zero attached hydrogens (tertiary/aromatic N) is 2. The molecule has 3 aliphatic rings. The first-order valence-electron chi connectivity index (χ1n) is 11.6. The van der Waals surface area contributed by atoms with Crippen LogP contribution in [-0.4, -0.2) is 47.1 Å². The third-order valence-electron chi connectivity index (χ3n) is 7.40. The summed E-state index contributed by atoms with van der Waals surface area (Å²) >= 11 is 0. The van der Waals surface area contributed by atoms with Crippen LogP contribution in [0.4, 0.5) is 5.69 Å². The Labute approximate surface area is 183 Å². The van der Waals surface area contributed by atoms with Gasteiger partial charge in [-0.05, 0) is 30.0 Å². The molecule has 5 heteroatoms. The minimum absolute atomic E-state index is 0.0358. The third kappa shape index (κ3) is 3.55. The van der Waals surface area contributed by atoms with E-state index in [2.05, 4.69) is 6.07 Å². The molecule has 0 unspecified atom stereocenters. The van der Waals surface area contributed by atoms with E-state index in [0.29, 0.717) is 13.0 Å². The molecule has 5 rings (SSSR count). The van der Waals surface area contributed by atoms with Crippen molar-refractivity contribution in [3.05, 3.63) is 65.7 Å². The predicted octanol–water partition coefficient (Wildman–Crippen LogP) is 3.51.